The predicted molar refractivity (Wildman–Crippen MR) is 95.9 cm³/mol. The summed E-state index contributed by atoms with van der Waals surface area (Å²) < 4.78 is 19.2. The summed E-state index contributed by atoms with van der Waals surface area (Å²) in [6.45, 7) is 8.71. The van der Waals surface area contributed by atoms with Crippen LogP contribution in [-0.2, 0) is 9.09 Å². The lowest BCUT2D eigenvalue weighted by Crippen LogP contribution is -2.30. The molecule has 0 saturated carbocycles. The van der Waals surface area contributed by atoms with Crippen LogP contribution in [0.15, 0.2) is 0 Å². The van der Waals surface area contributed by atoms with Crippen molar-refractivity contribution in [3.05, 3.63) is 0 Å². The van der Waals surface area contributed by atoms with Gasteiger partial charge >= 0.3 is 7.67 Å². The van der Waals surface area contributed by atoms with E-state index >= 15 is 0 Å². The van der Waals surface area contributed by atoms with Gasteiger partial charge in [0.25, 0.3) is 0 Å². The molecular weight excluding hydrogens is 352 g/mol. The summed E-state index contributed by atoms with van der Waals surface area (Å²) in [6, 6.07) is 0. The van der Waals surface area contributed by atoms with Crippen LogP contribution in [0.5, 0.6) is 0 Å². The van der Waals surface area contributed by atoms with E-state index in [0.29, 0.717) is 31.5 Å². The van der Waals surface area contributed by atoms with Crippen LogP contribution in [0.25, 0.3) is 0 Å². The third kappa shape index (κ3) is 10.4. The van der Waals surface area contributed by atoms with Crippen molar-refractivity contribution in [3.8, 4) is 0 Å². The molecule has 0 fully saturated rings. The topological polar surface area (TPSA) is 58.8 Å². The highest BCUT2D eigenvalue weighted by Gasteiger charge is 2.26. The molecule has 0 heterocycles. The molecule has 0 saturated heterocycles. The number of thioether (sulfide) groups is 1. The standard InChI is InChI=1S/C12H28Cl2N3O2PS/c1-3-16(4-2)9-11-21-12-10-19-20(15,18)17(7-5-13)8-6-14/h3-12H2,1-2H3,(H2,15,18). The summed E-state index contributed by atoms with van der Waals surface area (Å²) in [7, 11) is -3.27. The lowest BCUT2D eigenvalue weighted by molar-refractivity contribution is 0.281. The Morgan fingerprint density at radius 1 is 1.10 bits per heavy atom. The molecule has 128 valence electrons. The normalized spacial score (nSPS) is 14.8. The first kappa shape index (κ1) is 22.0. The van der Waals surface area contributed by atoms with Gasteiger partial charge in [-0.25, -0.2) is 10.2 Å². The number of nitrogens with zero attached hydrogens (tertiary/aromatic N) is 2. The van der Waals surface area contributed by atoms with E-state index in [1.54, 1.807) is 11.8 Å². The highest BCUT2D eigenvalue weighted by atomic mass is 35.5. The fourth-order valence-electron chi connectivity index (χ4n) is 1.73. The molecule has 0 aliphatic carbocycles. The average Bonchev–Trinajstić information content (AvgIpc) is 2.46. The zero-order chi connectivity index (χ0) is 16.1. The van der Waals surface area contributed by atoms with Crippen molar-refractivity contribution >= 4 is 42.6 Å². The summed E-state index contributed by atoms with van der Waals surface area (Å²) in [6.07, 6.45) is 0. The monoisotopic (exact) mass is 379 g/mol. The van der Waals surface area contributed by atoms with Gasteiger partial charge in [0.05, 0.1) is 6.61 Å². The Kier molecular flexibility index (Phi) is 14.1. The number of hydrogen-bond donors (Lipinski definition) is 1. The van der Waals surface area contributed by atoms with Crippen molar-refractivity contribution in [3.63, 3.8) is 0 Å². The Bertz CT molecular complexity index is 294. The van der Waals surface area contributed by atoms with Crippen molar-refractivity contribution in [1.82, 2.24) is 9.57 Å². The Balaban J connectivity index is 3.89. The van der Waals surface area contributed by atoms with Gasteiger partial charge < -0.3 is 9.42 Å². The fourth-order valence-corrected chi connectivity index (χ4v) is 4.56. The predicted octanol–water partition coefficient (Wildman–Crippen LogP) is 2.92. The third-order valence-electron chi connectivity index (χ3n) is 3.03. The first-order chi connectivity index (χ1) is 10.0. The molecule has 0 radical (unpaired) electrons. The van der Waals surface area contributed by atoms with Gasteiger partial charge in [0, 0.05) is 42.9 Å². The van der Waals surface area contributed by atoms with Crippen molar-refractivity contribution in [2.24, 2.45) is 5.50 Å². The Morgan fingerprint density at radius 2 is 1.67 bits per heavy atom. The van der Waals surface area contributed by atoms with Gasteiger partial charge in [0.15, 0.2) is 0 Å². The molecule has 5 nitrogen and oxygen atoms in total. The maximum absolute atomic E-state index is 12.3. The van der Waals surface area contributed by atoms with Crippen LogP contribution in [0.4, 0.5) is 0 Å². The maximum atomic E-state index is 12.3. The highest BCUT2D eigenvalue weighted by Crippen LogP contribution is 2.42. The quantitative estimate of drug-likeness (QED) is 0.284. The maximum Gasteiger partial charge on any atom is 0.340 e. The first-order valence-corrected chi connectivity index (χ1v) is 11.1. The van der Waals surface area contributed by atoms with Gasteiger partial charge in [-0.05, 0) is 13.1 Å². The number of rotatable bonds is 14. The Hall–Kier alpha value is 1.00. The largest absolute Gasteiger partial charge is 0.340 e. The summed E-state index contributed by atoms with van der Waals surface area (Å²) in [5, 5.41) is 0. The van der Waals surface area contributed by atoms with E-state index in [-0.39, 0.29) is 0 Å². The zero-order valence-electron chi connectivity index (χ0n) is 13.0. The molecule has 0 aliphatic rings. The van der Waals surface area contributed by atoms with E-state index < -0.39 is 7.67 Å². The second-order valence-electron chi connectivity index (χ2n) is 4.37. The van der Waals surface area contributed by atoms with E-state index in [1.165, 1.54) is 4.67 Å². The second kappa shape index (κ2) is 13.4. The van der Waals surface area contributed by atoms with Crippen LogP contribution in [-0.4, -0.2) is 72.2 Å². The van der Waals surface area contributed by atoms with Crippen LogP contribution in [0.3, 0.4) is 0 Å². The van der Waals surface area contributed by atoms with Crippen LogP contribution in [0.1, 0.15) is 13.8 Å². The van der Waals surface area contributed by atoms with E-state index in [0.717, 1.165) is 31.1 Å². The average molecular weight is 380 g/mol. The smallest absolute Gasteiger partial charge is 0.305 e. The van der Waals surface area contributed by atoms with Gasteiger partial charge in [0.2, 0.25) is 0 Å². The van der Waals surface area contributed by atoms with E-state index in [1.807, 2.05) is 0 Å². The van der Waals surface area contributed by atoms with E-state index in [2.05, 4.69) is 18.7 Å². The number of alkyl halides is 2. The minimum atomic E-state index is -3.27. The van der Waals surface area contributed by atoms with E-state index in [9.17, 15) is 4.57 Å². The summed E-state index contributed by atoms with van der Waals surface area (Å²) >= 11 is 13.1. The molecule has 0 rings (SSSR count). The lowest BCUT2D eigenvalue weighted by atomic mass is 10.5. The molecule has 9 heteroatoms. The zero-order valence-corrected chi connectivity index (χ0v) is 16.2. The number of hydrogen-bond acceptors (Lipinski definition) is 4. The fraction of sp³-hybridized carbons (Fsp3) is 1.00. The molecule has 0 amide bonds. The van der Waals surface area contributed by atoms with Crippen LogP contribution < -0.4 is 5.50 Å². The molecule has 0 aromatic carbocycles. The molecule has 1 atom stereocenters. The third-order valence-corrected chi connectivity index (χ3v) is 6.04. The molecule has 2 N–H and O–H groups in total. The molecule has 0 spiro atoms. The van der Waals surface area contributed by atoms with Gasteiger partial charge in [-0.3, -0.25) is 4.57 Å². The van der Waals surface area contributed by atoms with E-state index in [4.69, 9.17) is 33.2 Å². The minimum absolute atomic E-state index is 0.347. The highest BCUT2D eigenvalue weighted by molar-refractivity contribution is 7.99. The van der Waals surface area contributed by atoms with Gasteiger partial charge in [-0.2, -0.15) is 11.8 Å². The number of nitrogens with two attached hydrogens (primary N) is 1. The SMILES string of the molecule is CCN(CC)CCSCCOP(N)(=O)N(CCCl)CCCl. The van der Waals surface area contributed by atoms with Crippen molar-refractivity contribution < 1.29 is 9.09 Å². The van der Waals surface area contributed by atoms with Crippen LogP contribution in [0.2, 0.25) is 0 Å². The minimum Gasteiger partial charge on any atom is -0.305 e. The van der Waals surface area contributed by atoms with Crippen LogP contribution >= 0.6 is 42.6 Å². The molecule has 21 heavy (non-hydrogen) atoms. The van der Waals surface area contributed by atoms with Gasteiger partial charge in [-0.1, -0.05) is 13.8 Å². The van der Waals surface area contributed by atoms with Crippen molar-refractivity contribution in [2.75, 3.05) is 62.6 Å². The van der Waals surface area contributed by atoms with Crippen LogP contribution in [0, 0.1) is 0 Å². The Labute approximate surface area is 143 Å². The number of halogens is 2. The summed E-state index contributed by atoms with van der Waals surface area (Å²) in [5.74, 6) is 2.51. The van der Waals surface area contributed by atoms with Gasteiger partial charge in [-0.15, -0.1) is 23.2 Å². The molecule has 0 aliphatic heterocycles. The molecular formula is C12H28Cl2N3O2PS. The molecule has 1 unspecified atom stereocenters. The summed E-state index contributed by atoms with van der Waals surface area (Å²) in [5.41, 5.74) is 5.76. The first-order valence-electron chi connectivity index (χ1n) is 7.22. The molecule has 0 aromatic rings. The second-order valence-corrected chi connectivity index (χ2v) is 8.30. The lowest BCUT2D eigenvalue weighted by Gasteiger charge is -2.26. The molecule has 0 aromatic heterocycles. The molecule has 0 bridgehead atoms. The van der Waals surface area contributed by atoms with Crippen molar-refractivity contribution in [1.29, 1.82) is 0 Å². The summed E-state index contributed by atoms with van der Waals surface area (Å²) in [4.78, 5) is 2.37. The Morgan fingerprint density at radius 3 is 2.14 bits per heavy atom. The van der Waals surface area contributed by atoms with Crippen molar-refractivity contribution in [2.45, 2.75) is 13.8 Å². The van der Waals surface area contributed by atoms with Gasteiger partial charge in [0.1, 0.15) is 0 Å².